The molecule has 0 spiro atoms. The van der Waals surface area contributed by atoms with Gasteiger partial charge in [-0.05, 0) is 87.4 Å². The van der Waals surface area contributed by atoms with Gasteiger partial charge >= 0.3 is 0 Å². The number of carbonyl (C=O) groups excluding carboxylic acids is 1. The molecule has 0 heterocycles. The van der Waals surface area contributed by atoms with Crippen LogP contribution >= 0.6 is 0 Å². The summed E-state index contributed by atoms with van der Waals surface area (Å²) in [7, 11) is 0. The molecule has 25 heavy (non-hydrogen) atoms. The number of hydrogen-bond acceptors (Lipinski definition) is 3. The highest BCUT2D eigenvalue weighted by atomic mass is 16.5. The second-order valence-electron chi connectivity index (χ2n) is 9.49. The van der Waals surface area contributed by atoms with Gasteiger partial charge in [-0.1, -0.05) is 20.3 Å². The molecule has 3 heteroatoms. The van der Waals surface area contributed by atoms with Crippen LogP contribution in [0.5, 0.6) is 0 Å². The minimum absolute atomic E-state index is 0.268. The Morgan fingerprint density at radius 3 is 2.64 bits per heavy atom. The molecule has 3 nitrogen and oxygen atoms in total. The van der Waals surface area contributed by atoms with E-state index >= 15 is 0 Å². The maximum Gasteiger partial charge on any atom is 0.123 e. The maximum atomic E-state index is 11.5. The average Bonchev–Trinajstić information content (AvgIpc) is 2.95. The predicted molar refractivity (Wildman–Crippen MR) is 100 cm³/mol. The summed E-state index contributed by atoms with van der Waals surface area (Å²) in [4.78, 5) is 11.5. The van der Waals surface area contributed by atoms with Gasteiger partial charge in [0.2, 0.25) is 0 Å². The van der Waals surface area contributed by atoms with Gasteiger partial charge in [0.05, 0.1) is 12.2 Å². The van der Waals surface area contributed by atoms with Gasteiger partial charge in [0.25, 0.3) is 0 Å². The number of rotatable bonds is 6. The molecular formula is C22H38O3. The van der Waals surface area contributed by atoms with E-state index in [4.69, 9.17) is 4.74 Å². The Balaban J connectivity index is 1.64. The Morgan fingerprint density at radius 2 is 1.96 bits per heavy atom. The number of ether oxygens (including phenoxy) is 1. The summed E-state index contributed by atoms with van der Waals surface area (Å²) in [5, 5.41) is 10.9. The van der Waals surface area contributed by atoms with Crippen molar-refractivity contribution in [3.8, 4) is 0 Å². The van der Waals surface area contributed by atoms with Crippen LogP contribution in [0.2, 0.25) is 0 Å². The third kappa shape index (κ3) is 3.69. The Bertz CT molecular complexity index is 464. The van der Waals surface area contributed by atoms with Gasteiger partial charge in [-0.25, -0.2) is 0 Å². The lowest BCUT2D eigenvalue weighted by molar-refractivity contribution is -0.117. The summed E-state index contributed by atoms with van der Waals surface area (Å²) in [6, 6.07) is 0. The maximum absolute atomic E-state index is 11.5. The number of aliphatic hydroxyl groups is 1. The predicted octanol–water partition coefficient (Wildman–Crippen LogP) is 4.61. The molecule has 0 aromatic carbocycles. The summed E-state index contributed by atoms with van der Waals surface area (Å²) >= 11 is 0. The Labute approximate surface area is 153 Å². The molecule has 0 aromatic heterocycles. The van der Waals surface area contributed by atoms with E-state index in [0.29, 0.717) is 25.0 Å². The zero-order valence-electron chi connectivity index (χ0n) is 16.5. The van der Waals surface area contributed by atoms with Crippen LogP contribution in [-0.4, -0.2) is 30.2 Å². The Hall–Kier alpha value is -0.410. The molecule has 144 valence electrons. The third-order valence-corrected chi connectivity index (χ3v) is 8.31. The van der Waals surface area contributed by atoms with Crippen LogP contribution < -0.4 is 0 Å². The molecule has 0 radical (unpaired) electrons. The molecule has 0 aromatic rings. The second-order valence-corrected chi connectivity index (χ2v) is 9.49. The van der Waals surface area contributed by atoms with Crippen LogP contribution in [0.25, 0.3) is 0 Å². The molecule has 0 amide bonds. The fourth-order valence-corrected chi connectivity index (χ4v) is 6.61. The molecule has 3 fully saturated rings. The van der Waals surface area contributed by atoms with Crippen LogP contribution in [0, 0.1) is 35.0 Å². The monoisotopic (exact) mass is 350 g/mol. The summed E-state index contributed by atoms with van der Waals surface area (Å²) in [5.41, 5.74) is -0.337. The largest absolute Gasteiger partial charge is 0.387 e. The van der Waals surface area contributed by atoms with Crippen molar-refractivity contribution in [1.82, 2.24) is 0 Å². The standard InChI is InChI=1S/C22H38O3/c1-4-16-13-22(24,15-25-5-2)11-9-20(16)17-8-10-21(3)18(12-17)6-7-19(21)14-23/h14,16-20,24H,4-13,15H2,1-3H3. The quantitative estimate of drug-likeness (QED) is 0.712. The van der Waals surface area contributed by atoms with Crippen molar-refractivity contribution in [3.63, 3.8) is 0 Å². The van der Waals surface area contributed by atoms with Crippen molar-refractivity contribution >= 4 is 6.29 Å². The fraction of sp³-hybridized carbons (Fsp3) is 0.955. The third-order valence-electron chi connectivity index (χ3n) is 8.31. The van der Waals surface area contributed by atoms with Crippen LogP contribution in [0.4, 0.5) is 0 Å². The zero-order valence-corrected chi connectivity index (χ0v) is 16.5. The van der Waals surface area contributed by atoms with Crippen LogP contribution in [0.3, 0.4) is 0 Å². The fourth-order valence-electron chi connectivity index (χ4n) is 6.61. The van der Waals surface area contributed by atoms with Crippen molar-refractivity contribution in [3.05, 3.63) is 0 Å². The lowest BCUT2D eigenvalue weighted by Crippen LogP contribution is -2.46. The molecule has 0 saturated heterocycles. The molecule has 0 aliphatic heterocycles. The average molecular weight is 351 g/mol. The molecule has 0 bridgehead atoms. The van der Waals surface area contributed by atoms with E-state index in [1.165, 1.54) is 32.0 Å². The highest BCUT2D eigenvalue weighted by Crippen LogP contribution is 2.58. The van der Waals surface area contributed by atoms with E-state index < -0.39 is 5.60 Å². The first-order valence-electron chi connectivity index (χ1n) is 10.7. The minimum Gasteiger partial charge on any atom is -0.387 e. The highest BCUT2D eigenvalue weighted by Gasteiger charge is 2.51. The smallest absolute Gasteiger partial charge is 0.123 e. The number of carbonyl (C=O) groups is 1. The number of fused-ring (bicyclic) bond motifs is 1. The molecule has 1 N–H and O–H groups in total. The van der Waals surface area contributed by atoms with Gasteiger partial charge in [-0.2, -0.15) is 0 Å². The van der Waals surface area contributed by atoms with Crippen molar-refractivity contribution < 1.29 is 14.6 Å². The van der Waals surface area contributed by atoms with Gasteiger partial charge in [-0.15, -0.1) is 0 Å². The van der Waals surface area contributed by atoms with Gasteiger partial charge in [-0.3, -0.25) is 0 Å². The van der Waals surface area contributed by atoms with Crippen LogP contribution in [0.1, 0.15) is 78.6 Å². The molecule has 3 saturated carbocycles. The first-order valence-corrected chi connectivity index (χ1v) is 10.7. The Kier molecular flexibility index (Phi) is 5.95. The van der Waals surface area contributed by atoms with E-state index in [0.717, 1.165) is 49.9 Å². The zero-order chi connectivity index (χ0) is 18.1. The van der Waals surface area contributed by atoms with E-state index in [1.807, 2.05) is 6.92 Å². The molecule has 3 aliphatic rings. The molecule has 7 unspecified atom stereocenters. The van der Waals surface area contributed by atoms with Crippen molar-refractivity contribution in [2.24, 2.45) is 35.0 Å². The normalized spacial score (nSPS) is 47.4. The van der Waals surface area contributed by atoms with Crippen molar-refractivity contribution in [1.29, 1.82) is 0 Å². The van der Waals surface area contributed by atoms with Gasteiger partial charge < -0.3 is 14.6 Å². The van der Waals surface area contributed by atoms with E-state index in [1.54, 1.807) is 0 Å². The first kappa shape index (κ1) is 19.4. The molecule has 3 rings (SSSR count). The topological polar surface area (TPSA) is 46.5 Å². The first-order chi connectivity index (χ1) is 12.0. The minimum atomic E-state index is -0.605. The Morgan fingerprint density at radius 1 is 1.16 bits per heavy atom. The lowest BCUT2D eigenvalue weighted by atomic mass is 9.57. The van der Waals surface area contributed by atoms with E-state index in [9.17, 15) is 9.90 Å². The summed E-state index contributed by atoms with van der Waals surface area (Å²) in [5.74, 6) is 3.21. The summed E-state index contributed by atoms with van der Waals surface area (Å²) in [6.07, 6.45) is 11.5. The van der Waals surface area contributed by atoms with Crippen LogP contribution in [0.15, 0.2) is 0 Å². The molecule has 7 atom stereocenters. The van der Waals surface area contributed by atoms with Gasteiger partial charge in [0, 0.05) is 12.5 Å². The lowest BCUT2D eigenvalue weighted by Gasteiger charge is -2.49. The summed E-state index contributed by atoms with van der Waals surface area (Å²) < 4.78 is 5.56. The van der Waals surface area contributed by atoms with Crippen LogP contribution in [-0.2, 0) is 9.53 Å². The molecule has 3 aliphatic carbocycles. The van der Waals surface area contributed by atoms with Crippen molar-refractivity contribution in [2.45, 2.75) is 84.2 Å². The SMILES string of the molecule is CCOCC1(O)CCC(C2CCC3(C)C(C=O)CCC3C2)C(CC)C1. The van der Waals surface area contributed by atoms with Crippen molar-refractivity contribution in [2.75, 3.05) is 13.2 Å². The molecular weight excluding hydrogens is 312 g/mol. The number of aldehydes is 1. The second kappa shape index (κ2) is 7.68. The van der Waals surface area contributed by atoms with Gasteiger partial charge in [0.1, 0.15) is 6.29 Å². The van der Waals surface area contributed by atoms with E-state index in [2.05, 4.69) is 13.8 Å². The highest BCUT2D eigenvalue weighted by molar-refractivity contribution is 5.56. The van der Waals surface area contributed by atoms with Gasteiger partial charge in [0.15, 0.2) is 0 Å². The van der Waals surface area contributed by atoms with E-state index in [-0.39, 0.29) is 5.41 Å². The summed E-state index contributed by atoms with van der Waals surface area (Å²) in [6.45, 7) is 7.84. The number of hydrogen-bond donors (Lipinski definition) is 1.